The first kappa shape index (κ1) is 15.7. The monoisotopic (exact) mass is 286 g/mol. The van der Waals surface area contributed by atoms with Gasteiger partial charge >= 0.3 is 0 Å². The molecule has 21 heavy (non-hydrogen) atoms. The first-order valence-corrected chi connectivity index (χ1v) is 7.37. The average molecular weight is 286 g/mol. The third-order valence-corrected chi connectivity index (χ3v) is 4.11. The highest BCUT2D eigenvalue weighted by atomic mass is 15.2. The van der Waals surface area contributed by atoms with E-state index in [9.17, 15) is 0 Å². The Morgan fingerprint density at radius 2 is 2.05 bits per heavy atom. The Balaban J connectivity index is 2.05. The Kier molecular flexibility index (Phi) is 4.80. The minimum atomic E-state index is 0.132. The lowest BCUT2D eigenvalue weighted by Gasteiger charge is -2.32. The molecular weight excluding hydrogens is 260 g/mol. The van der Waals surface area contributed by atoms with Gasteiger partial charge in [0.1, 0.15) is 0 Å². The largest absolute Gasteiger partial charge is 0.311 e. The van der Waals surface area contributed by atoms with Crippen molar-refractivity contribution < 1.29 is 0 Å². The van der Waals surface area contributed by atoms with Crippen LogP contribution in [0.3, 0.4) is 0 Å². The molecule has 0 aliphatic heterocycles. The number of likely N-dealkylation sites (N-methyl/N-ethyl adjacent to an activating group) is 1. The molecule has 4 nitrogen and oxygen atoms in total. The summed E-state index contributed by atoms with van der Waals surface area (Å²) in [7, 11) is 4.22. The molecule has 1 aromatic heterocycles. The van der Waals surface area contributed by atoms with Crippen LogP contribution in [0.4, 0.5) is 0 Å². The van der Waals surface area contributed by atoms with Gasteiger partial charge in [0.05, 0.1) is 11.9 Å². The standard InChI is InChI=1S/C17H26N4/c1-13-7-6-8-14(9-13)16-15(11-19-20-16)10-18-12-17(2,3)21(4)5/h6-9,11,18H,10,12H2,1-5H3,(H,19,20). The summed E-state index contributed by atoms with van der Waals surface area (Å²) in [4.78, 5) is 2.23. The summed E-state index contributed by atoms with van der Waals surface area (Å²) in [6.45, 7) is 8.32. The molecule has 0 saturated carbocycles. The molecule has 0 aliphatic rings. The van der Waals surface area contributed by atoms with Crippen molar-refractivity contribution in [1.29, 1.82) is 0 Å². The first-order valence-electron chi connectivity index (χ1n) is 7.37. The van der Waals surface area contributed by atoms with E-state index in [-0.39, 0.29) is 5.54 Å². The van der Waals surface area contributed by atoms with Gasteiger partial charge in [-0.25, -0.2) is 0 Å². The third kappa shape index (κ3) is 3.93. The Hall–Kier alpha value is -1.65. The molecule has 1 heterocycles. The fourth-order valence-corrected chi connectivity index (χ4v) is 2.16. The number of rotatable bonds is 6. The van der Waals surface area contributed by atoms with Gasteiger partial charge in [0.2, 0.25) is 0 Å². The molecule has 0 bridgehead atoms. The highest BCUT2D eigenvalue weighted by Gasteiger charge is 2.19. The van der Waals surface area contributed by atoms with E-state index in [4.69, 9.17) is 0 Å². The van der Waals surface area contributed by atoms with Gasteiger partial charge in [0, 0.05) is 29.8 Å². The molecule has 0 spiro atoms. The summed E-state index contributed by atoms with van der Waals surface area (Å²) >= 11 is 0. The Labute approximate surface area is 127 Å². The smallest absolute Gasteiger partial charge is 0.0695 e. The quantitative estimate of drug-likeness (QED) is 0.858. The summed E-state index contributed by atoms with van der Waals surface area (Å²) in [5.74, 6) is 0. The highest BCUT2D eigenvalue weighted by Crippen LogP contribution is 2.22. The van der Waals surface area contributed by atoms with E-state index in [1.54, 1.807) is 0 Å². The van der Waals surface area contributed by atoms with Gasteiger partial charge in [-0.2, -0.15) is 5.10 Å². The second kappa shape index (κ2) is 6.41. The number of nitrogens with zero attached hydrogens (tertiary/aromatic N) is 2. The van der Waals surface area contributed by atoms with Crippen LogP contribution in [-0.2, 0) is 6.54 Å². The molecule has 0 amide bonds. The maximum absolute atomic E-state index is 4.20. The molecule has 0 radical (unpaired) electrons. The van der Waals surface area contributed by atoms with E-state index in [0.29, 0.717) is 0 Å². The van der Waals surface area contributed by atoms with Crippen LogP contribution >= 0.6 is 0 Å². The van der Waals surface area contributed by atoms with Crippen molar-refractivity contribution in [2.24, 2.45) is 0 Å². The van der Waals surface area contributed by atoms with E-state index in [1.165, 1.54) is 16.7 Å². The Bertz CT molecular complexity index is 584. The van der Waals surface area contributed by atoms with Crippen LogP contribution in [0.1, 0.15) is 25.0 Å². The number of nitrogens with one attached hydrogen (secondary N) is 2. The topological polar surface area (TPSA) is 44.0 Å². The van der Waals surface area contributed by atoms with Crippen molar-refractivity contribution in [3.63, 3.8) is 0 Å². The van der Waals surface area contributed by atoms with Crippen molar-refractivity contribution >= 4 is 0 Å². The van der Waals surface area contributed by atoms with E-state index in [1.807, 2.05) is 6.20 Å². The molecule has 1 aromatic carbocycles. The normalized spacial score (nSPS) is 12.1. The number of aromatic amines is 1. The lowest BCUT2D eigenvalue weighted by Crippen LogP contribution is -2.46. The summed E-state index contributed by atoms with van der Waals surface area (Å²) < 4.78 is 0. The molecular formula is C17H26N4. The molecule has 0 fully saturated rings. The number of hydrogen-bond acceptors (Lipinski definition) is 3. The molecule has 0 aliphatic carbocycles. The number of hydrogen-bond donors (Lipinski definition) is 2. The molecule has 2 N–H and O–H groups in total. The lowest BCUT2D eigenvalue weighted by molar-refractivity contribution is 0.190. The van der Waals surface area contributed by atoms with Crippen LogP contribution in [0.25, 0.3) is 11.3 Å². The predicted molar refractivity (Wildman–Crippen MR) is 88.2 cm³/mol. The fraction of sp³-hybridized carbons (Fsp3) is 0.471. The SMILES string of the molecule is Cc1cccc(-c2[nH]ncc2CNCC(C)(C)N(C)C)c1. The van der Waals surface area contributed by atoms with E-state index in [0.717, 1.165) is 18.8 Å². The predicted octanol–water partition coefficient (Wildman–Crippen LogP) is 2.81. The number of aryl methyl sites for hydroxylation is 1. The first-order chi connectivity index (χ1) is 9.90. The number of aromatic nitrogens is 2. The molecule has 2 rings (SSSR count). The molecule has 2 aromatic rings. The second-order valence-electron chi connectivity index (χ2n) is 6.45. The van der Waals surface area contributed by atoms with Crippen LogP contribution in [0.5, 0.6) is 0 Å². The van der Waals surface area contributed by atoms with Gasteiger partial charge in [-0.3, -0.25) is 5.10 Å². The molecule has 0 saturated heterocycles. The summed E-state index contributed by atoms with van der Waals surface area (Å²) in [5.41, 5.74) is 4.89. The maximum Gasteiger partial charge on any atom is 0.0695 e. The molecule has 4 heteroatoms. The maximum atomic E-state index is 4.20. The Morgan fingerprint density at radius 1 is 1.29 bits per heavy atom. The van der Waals surface area contributed by atoms with Gasteiger partial charge in [-0.15, -0.1) is 0 Å². The third-order valence-electron chi connectivity index (χ3n) is 4.11. The van der Waals surface area contributed by atoms with Gasteiger partial charge in [-0.1, -0.05) is 23.8 Å². The van der Waals surface area contributed by atoms with Crippen molar-refractivity contribution in [3.8, 4) is 11.3 Å². The number of benzene rings is 1. The van der Waals surface area contributed by atoms with Gasteiger partial charge in [-0.05, 0) is 40.9 Å². The van der Waals surface area contributed by atoms with Gasteiger partial charge in [0.25, 0.3) is 0 Å². The van der Waals surface area contributed by atoms with Crippen molar-refractivity contribution in [2.75, 3.05) is 20.6 Å². The summed E-state index contributed by atoms with van der Waals surface area (Å²) in [6, 6.07) is 8.49. The Morgan fingerprint density at radius 3 is 2.71 bits per heavy atom. The average Bonchev–Trinajstić information content (AvgIpc) is 2.86. The minimum Gasteiger partial charge on any atom is -0.311 e. The second-order valence-corrected chi connectivity index (χ2v) is 6.45. The van der Waals surface area contributed by atoms with E-state index in [2.05, 4.69) is 79.5 Å². The fourth-order valence-electron chi connectivity index (χ4n) is 2.16. The highest BCUT2D eigenvalue weighted by molar-refractivity contribution is 5.63. The van der Waals surface area contributed by atoms with Crippen LogP contribution < -0.4 is 5.32 Å². The molecule has 0 atom stereocenters. The van der Waals surface area contributed by atoms with Crippen LogP contribution in [-0.4, -0.2) is 41.3 Å². The van der Waals surface area contributed by atoms with Gasteiger partial charge < -0.3 is 10.2 Å². The zero-order valence-corrected chi connectivity index (χ0v) is 13.7. The van der Waals surface area contributed by atoms with Crippen LogP contribution in [0.15, 0.2) is 30.5 Å². The zero-order chi connectivity index (χ0) is 15.5. The summed E-state index contributed by atoms with van der Waals surface area (Å²) in [6.07, 6.45) is 1.91. The lowest BCUT2D eigenvalue weighted by atomic mass is 10.0. The zero-order valence-electron chi connectivity index (χ0n) is 13.7. The molecule has 0 unspecified atom stereocenters. The summed E-state index contributed by atoms with van der Waals surface area (Å²) in [5, 5.41) is 10.9. The van der Waals surface area contributed by atoms with Crippen molar-refractivity contribution in [1.82, 2.24) is 20.4 Å². The molecule has 114 valence electrons. The number of H-pyrrole nitrogens is 1. The van der Waals surface area contributed by atoms with Crippen molar-refractivity contribution in [3.05, 3.63) is 41.6 Å². The van der Waals surface area contributed by atoms with Crippen LogP contribution in [0, 0.1) is 6.92 Å². The minimum absolute atomic E-state index is 0.132. The van der Waals surface area contributed by atoms with Crippen molar-refractivity contribution in [2.45, 2.75) is 32.9 Å². The van der Waals surface area contributed by atoms with Crippen LogP contribution in [0.2, 0.25) is 0 Å². The van der Waals surface area contributed by atoms with E-state index >= 15 is 0 Å². The van der Waals surface area contributed by atoms with Gasteiger partial charge in [0.15, 0.2) is 0 Å². The van der Waals surface area contributed by atoms with E-state index < -0.39 is 0 Å².